The van der Waals surface area contributed by atoms with Crippen molar-refractivity contribution < 1.29 is 4.74 Å². The Morgan fingerprint density at radius 3 is 2.77 bits per heavy atom. The lowest BCUT2D eigenvalue weighted by molar-refractivity contribution is 0.564. The van der Waals surface area contributed by atoms with Gasteiger partial charge >= 0.3 is 0 Å². The highest BCUT2D eigenvalue weighted by Gasteiger charge is 2.03. The molecule has 66 valence electrons. The van der Waals surface area contributed by atoms with Crippen LogP contribution in [-0.4, -0.2) is 11.8 Å². The van der Waals surface area contributed by atoms with Crippen molar-refractivity contribution in [3.8, 4) is 5.75 Å². The second-order valence-corrected chi connectivity index (χ2v) is 3.37. The van der Waals surface area contributed by atoms with E-state index in [2.05, 4.69) is 4.99 Å². The first kappa shape index (κ1) is 8.38. The van der Waals surface area contributed by atoms with Crippen molar-refractivity contribution in [1.82, 2.24) is 0 Å². The highest BCUT2D eigenvalue weighted by atomic mass is 32.2. The SMILES string of the molecule is C1=CSC(Oc2ccccc2)=NC1. The van der Waals surface area contributed by atoms with Crippen molar-refractivity contribution in [3.63, 3.8) is 0 Å². The Morgan fingerprint density at radius 1 is 1.23 bits per heavy atom. The maximum absolute atomic E-state index is 5.52. The third-order valence-electron chi connectivity index (χ3n) is 1.54. The van der Waals surface area contributed by atoms with Crippen LogP contribution in [0.2, 0.25) is 0 Å². The van der Waals surface area contributed by atoms with E-state index in [9.17, 15) is 0 Å². The molecule has 0 unspecified atom stereocenters. The van der Waals surface area contributed by atoms with Crippen LogP contribution in [-0.2, 0) is 0 Å². The molecule has 1 aliphatic rings. The van der Waals surface area contributed by atoms with Gasteiger partial charge in [-0.2, -0.15) is 0 Å². The van der Waals surface area contributed by atoms with Gasteiger partial charge in [0.25, 0.3) is 5.23 Å². The van der Waals surface area contributed by atoms with Gasteiger partial charge < -0.3 is 4.74 Å². The molecular weight excluding hydrogens is 182 g/mol. The summed E-state index contributed by atoms with van der Waals surface area (Å²) in [4.78, 5) is 4.20. The van der Waals surface area contributed by atoms with E-state index in [4.69, 9.17) is 4.74 Å². The molecule has 2 rings (SSSR count). The van der Waals surface area contributed by atoms with E-state index in [0.29, 0.717) is 5.23 Å². The van der Waals surface area contributed by atoms with Crippen LogP contribution >= 0.6 is 11.8 Å². The lowest BCUT2D eigenvalue weighted by Crippen LogP contribution is -2.05. The normalized spacial score (nSPS) is 15.2. The van der Waals surface area contributed by atoms with E-state index in [0.717, 1.165) is 12.3 Å². The first-order valence-electron chi connectivity index (χ1n) is 4.04. The summed E-state index contributed by atoms with van der Waals surface area (Å²) in [6, 6.07) is 9.68. The predicted molar refractivity (Wildman–Crippen MR) is 56.1 cm³/mol. The Labute approximate surface area is 81.3 Å². The molecule has 0 aromatic heterocycles. The van der Waals surface area contributed by atoms with Gasteiger partial charge in [-0.25, -0.2) is 4.99 Å². The van der Waals surface area contributed by atoms with Gasteiger partial charge in [0.1, 0.15) is 5.75 Å². The lowest BCUT2D eigenvalue weighted by Gasteiger charge is -2.07. The fraction of sp³-hybridized carbons (Fsp3) is 0.100. The molecule has 0 spiro atoms. The van der Waals surface area contributed by atoms with Crippen LogP contribution in [0.25, 0.3) is 0 Å². The molecule has 3 heteroatoms. The third-order valence-corrected chi connectivity index (χ3v) is 2.28. The largest absolute Gasteiger partial charge is 0.434 e. The number of para-hydroxylation sites is 1. The monoisotopic (exact) mass is 191 g/mol. The first-order valence-corrected chi connectivity index (χ1v) is 4.92. The molecule has 0 fully saturated rings. The number of hydrogen-bond donors (Lipinski definition) is 0. The lowest BCUT2D eigenvalue weighted by atomic mass is 10.3. The standard InChI is InChI=1S/C10H9NOS/c1-2-5-9(6-3-1)12-10-11-7-4-8-13-10/h1-6,8H,7H2. The number of thioether (sulfide) groups is 1. The molecule has 0 bridgehead atoms. The third kappa shape index (κ3) is 2.36. The minimum atomic E-state index is 0.716. The van der Waals surface area contributed by atoms with Gasteiger partial charge in [0.15, 0.2) is 0 Å². The van der Waals surface area contributed by atoms with Gasteiger partial charge in [0, 0.05) is 0 Å². The Bertz CT molecular complexity index is 332. The average molecular weight is 191 g/mol. The molecular formula is C10H9NOS. The second kappa shape index (κ2) is 4.14. The van der Waals surface area contributed by atoms with Gasteiger partial charge in [-0.05, 0) is 29.3 Å². The maximum Gasteiger partial charge on any atom is 0.255 e. The molecule has 0 saturated carbocycles. The summed E-state index contributed by atoms with van der Waals surface area (Å²) in [5.41, 5.74) is 0. The molecule has 1 aliphatic heterocycles. The molecule has 2 nitrogen and oxygen atoms in total. The number of rotatable bonds is 1. The van der Waals surface area contributed by atoms with Crippen molar-refractivity contribution >= 4 is 17.0 Å². The van der Waals surface area contributed by atoms with Gasteiger partial charge in [-0.1, -0.05) is 24.3 Å². The molecule has 0 aliphatic carbocycles. The Balaban J connectivity index is 2.02. The number of aliphatic imine (C=N–C) groups is 1. The van der Waals surface area contributed by atoms with Crippen LogP contribution in [0.4, 0.5) is 0 Å². The topological polar surface area (TPSA) is 21.6 Å². The van der Waals surface area contributed by atoms with Crippen LogP contribution in [0, 0.1) is 0 Å². The van der Waals surface area contributed by atoms with Crippen LogP contribution in [0.5, 0.6) is 5.75 Å². The maximum atomic E-state index is 5.52. The number of nitrogens with zero attached hydrogens (tertiary/aromatic N) is 1. The molecule has 0 amide bonds. The van der Waals surface area contributed by atoms with Crippen LogP contribution in [0.1, 0.15) is 0 Å². The number of benzene rings is 1. The highest BCUT2D eigenvalue weighted by molar-refractivity contribution is 8.16. The Hall–Kier alpha value is -1.22. The molecule has 0 atom stereocenters. The minimum Gasteiger partial charge on any atom is -0.434 e. The number of hydrogen-bond acceptors (Lipinski definition) is 3. The average Bonchev–Trinajstić information content (AvgIpc) is 2.21. The summed E-state index contributed by atoms with van der Waals surface area (Å²) < 4.78 is 5.52. The Kier molecular flexibility index (Phi) is 2.67. The summed E-state index contributed by atoms with van der Waals surface area (Å²) in [5, 5.41) is 2.71. The van der Waals surface area contributed by atoms with Crippen molar-refractivity contribution in [1.29, 1.82) is 0 Å². The van der Waals surface area contributed by atoms with E-state index < -0.39 is 0 Å². The van der Waals surface area contributed by atoms with E-state index in [1.807, 2.05) is 41.8 Å². The smallest absolute Gasteiger partial charge is 0.255 e. The zero-order valence-corrected chi connectivity index (χ0v) is 7.83. The van der Waals surface area contributed by atoms with Crippen LogP contribution < -0.4 is 4.74 Å². The summed E-state index contributed by atoms with van der Waals surface area (Å²) in [7, 11) is 0. The van der Waals surface area contributed by atoms with Crippen molar-refractivity contribution in [2.45, 2.75) is 0 Å². The van der Waals surface area contributed by atoms with E-state index >= 15 is 0 Å². The highest BCUT2D eigenvalue weighted by Crippen LogP contribution is 2.16. The zero-order chi connectivity index (χ0) is 8.93. The fourth-order valence-corrected chi connectivity index (χ4v) is 1.55. The fourth-order valence-electron chi connectivity index (χ4n) is 0.960. The summed E-state index contributed by atoms with van der Waals surface area (Å²) in [6.45, 7) is 0.717. The summed E-state index contributed by atoms with van der Waals surface area (Å²) in [5.74, 6) is 0.837. The minimum absolute atomic E-state index is 0.716. The van der Waals surface area contributed by atoms with Crippen molar-refractivity contribution in [3.05, 3.63) is 41.8 Å². The first-order chi connectivity index (χ1) is 6.45. The van der Waals surface area contributed by atoms with Gasteiger partial charge in [0.2, 0.25) is 0 Å². The van der Waals surface area contributed by atoms with E-state index in [-0.39, 0.29) is 0 Å². The number of ether oxygens (including phenoxy) is 1. The van der Waals surface area contributed by atoms with Gasteiger partial charge in [-0.3, -0.25) is 0 Å². The Morgan fingerprint density at radius 2 is 2.08 bits per heavy atom. The van der Waals surface area contributed by atoms with Crippen LogP contribution in [0.15, 0.2) is 46.8 Å². The van der Waals surface area contributed by atoms with Crippen molar-refractivity contribution in [2.75, 3.05) is 6.54 Å². The van der Waals surface area contributed by atoms with Gasteiger partial charge in [-0.15, -0.1) is 0 Å². The molecule has 0 N–H and O–H groups in total. The summed E-state index contributed by atoms with van der Waals surface area (Å²) >= 11 is 1.51. The predicted octanol–water partition coefficient (Wildman–Crippen LogP) is 2.68. The molecule has 0 radical (unpaired) electrons. The zero-order valence-electron chi connectivity index (χ0n) is 7.01. The van der Waals surface area contributed by atoms with Crippen molar-refractivity contribution in [2.24, 2.45) is 4.99 Å². The molecule has 1 aromatic rings. The van der Waals surface area contributed by atoms with Crippen LogP contribution in [0.3, 0.4) is 0 Å². The van der Waals surface area contributed by atoms with Gasteiger partial charge in [0.05, 0.1) is 6.54 Å². The quantitative estimate of drug-likeness (QED) is 0.680. The van der Waals surface area contributed by atoms with E-state index in [1.165, 1.54) is 11.8 Å². The molecule has 13 heavy (non-hydrogen) atoms. The molecule has 1 aromatic carbocycles. The molecule has 1 heterocycles. The molecule has 0 saturated heterocycles. The second-order valence-electron chi connectivity index (χ2n) is 2.51. The van der Waals surface area contributed by atoms with E-state index in [1.54, 1.807) is 0 Å². The summed E-state index contributed by atoms with van der Waals surface area (Å²) in [6.07, 6.45) is 2.00.